The number of anilines is 1. The highest BCUT2D eigenvalue weighted by atomic mass is 32.2. The molecule has 0 bridgehead atoms. The molecule has 1 aromatic carbocycles. The summed E-state index contributed by atoms with van der Waals surface area (Å²) in [5.74, 6) is 2.87. The van der Waals surface area contributed by atoms with Crippen LogP contribution in [0.5, 0.6) is 5.75 Å². The van der Waals surface area contributed by atoms with Gasteiger partial charge in [0, 0.05) is 12.2 Å². The number of thioether (sulfide) groups is 1. The Morgan fingerprint density at radius 1 is 1.50 bits per heavy atom. The second kappa shape index (κ2) is 6.69. The van der Waals surface area contributed by atoms with Crippen molar-refractivity contribution in [2.24, 2.45) is 5.92 Å². The minimum absolute atomic E-state index is 0.116. The van der Waals surface area contributed by atoms with Gasteiger partial charge in [-0.05, 0) is 49.0 Å². The number of hydrogen-bond acceptors (Lipinski definition) is 5. The van der Waals surface area contributed by atoms with Crippen LogP contribution < -0.4 is 15.2 Å². The Balaban J connectivity index is 2.16. The van der Waals surface area contributed by atoms with Crippen molar-refractivity contribution >= 4 is 27.5 Å². The third-order valence-corrected chi connectivity index (χ3v) is 5.82. The van der Waals surface area contributed by atoms with Crippen LogP contribution in [-0.2, 0) is 10.0 Å². The fourth-order valence-corrected chi connectivity index (χ4v) is 4.64. The van der Waals surface area contributed by atoms with Gasteiger partial charge in [-0.15, -0.1) is 0 Å². The van der Waals surface area contributed by atoms with Gasteiger partial charge in [-0.3, -0.25) is 0 Å². The van der Waals surface area contributed by atoms with Crippen molar-refractivity contribution < 1.29 is 13.2 Å². The van der Waals surface area contributed by atoms with Gasteiger partial charge in [0.1, 0.15) is 10.6 Å². The summed E-state index contributed by atoms with van der Waals surface area (Å²) < 4.78 is 32.8. The summed E-state index contributed by atoms with van der Waals surface area (Å²) in [5, 5.41) is 0. The largest absolute Gasteiger partial charge is 0.492 e. The van der Waals surface area contributed by atoms with Gasteiger partial charge in [0.15, 0.2) is 0 Å². The standard InChI is InChI=1S/C13H20N2O3S2/c1-2-18-12-4-3-11(14)7-13(12)20(16,17)15-8-10-5-6-19-9-10/h3-4,7,10,15H,2,5-6,8-9,14H2,1H3. The lowest BCUT2D eigenvalue weighted by Gasteiger charge is -2.14. The van der Waals surface area contributed by atoms with Crippen LogP contribution in [0.25, 0.3) is 0 Å². The van der Waals surface area contributed by atoms with Gasteiger partial charge in [-0.25, -0.2) is 13.1 Å². The second-order valence-corrected chi connectivity index (χ2v) is 7.61. The molecule has 1 heterocycles. The van der Waals surface area contributed by atoms with Crippen LogP contribution in [-0.4, -0.2) is 33.1 Å². The van der Waals surface area contributed by atoms with E-state index in [4.69, 9.17) is 10.5 Å². The predicted octanol–water partition coefficient (Wildman–Crippen LogP) is 1.70. The van der Waals surface area contributed by atoms with Crippen LogP contribution in [0, 0.1) is 5.92 Å². The molecule has 5 nitrogen and oxygen atoms in total. The molecule has 0 amide bonds. The van der Waals surface area contributed by atoms with Crippen LogP contribution in [0.1, 0.15) is 13.3 Å². The van der Waals surface area contributed by atoms with E-state index < -0.39 is 10.0 Å². The van der Waals surface area contributed by atoms with Crippen LogP contribution in [0.15, 0.2) is 23.1 Å². The summed E-state index contributed by atoms with van der Waals surface area (Å²) in [6.07, 6.45) is 1.06. The van der Waals surface area contributed by atoms with Crippen molar-refractivity contribution in [2.75, 3.05) is 30.4 Å². The van der Waals surface area contributed by atoms with Gasteiger partial charge in [0.25, 0.3) is 0 Å². The number of rotatable bonds is 6. The zero-order valence-electron chi connectivity index (χ0n) is 11.5. The van der Waals surface area contributed by atoms with Crippen molar-refractivity contribution in [3.63, 3.8) is 0 Å². The normalized spacial score (nSPS) is 19.1. The maximum absolute atomic E-state index is 12.4. The zero-order valence-corrected chi connectivity index (χ0v) is 13.1. The Morgan fingerprint density at radius 3 is 2.95 bits per heavy atom. The first-order chi connectivity index (χ1) is 9.53. The maximum atomic E-state index is 12.4. The number of hydrogen-bond donors (Lipinski definition) is 2. The SMILES string of the molecule is CCOc1ccc(N)cc1S(=O)(=O)NCC1CCSC1. The molecule has 112 valence electrons. The van der Waals surface area contributed by atoms with Crippen LogP contribution in [0.3, 0.4) is 0 Å². The van der Waals surface area contributed by atoms with Crippen molar-refractivity contribution in [3.05, 3.63) is 18.2 Å². The minimum Gasteiger partial charge on any atom is -0.492 e. The maximum Gasteiger partial charge on any atom is 0.244 e. The molecule has 1 saturated heterocycles. The first kappa shape index (κ1) is 15.5. The molecule has 1 aliphatic rings. The Hall–Kier alpha value is -0.920. The molecule has 3 N–H and O–H groups in total. The van der Waals surface area contributed by atoms with Crippen LogP contribution in [0.2, 0.25) is 0 Å². The molecule has 0 saturated carbocycles. The molecule has 0 radical (unpaired) electrons. The molecule has 1 atom stereocenters. The first-order valence-corrected chi connectivity index (χ1v) is 9.26. The van der Waals surface area contributed by atoms with E-state index in [1.165, 1.54) is 6.07 Å². The molecule has 1 fully saturated rings. The van der Waals surface area contributed by atoms with Crippen LogP contribution >= 0.6 is 11.8 Å². The third kappa shape index (κ3) is 3.80. The number of ether oxygens (including phenoxy) is 1. The minimum atomic E-state index is -3.59. The average molecular weight is 316 g/mol. The molecular formula is C13H20N2O3S2. The molecule has 2 rings (SSSR count). The highest BCUT2D eigenvalue weighted by Crippen LogP contribution is 2.27. The number of sulfonamides is 1. The lowest BCUT2D eigenvalue weighted by atomic mass is 10.1. The summed E-state index contributed by atoms with van der Waals surface area (Å²) in [4.78, 5) is 0.116. The van der Waals surface area contributed by atoms with Gasteiger partial charge < -0.3 is 10.5 Å². The molecule has 1 aliphatic heterocycles. The predicted molar refractivity (Wildman–Crippen MR) is 82.6 cm³/mol. The Labute approximate surface area is 124 Å². The van der Waals surface area contributed by atoms with E-state index in [-0.39, 0.29) is 4.90 Å². The van der Waals surface area contributed by atoms with Gasteiger partial charge in [0.05, 0.1) is 6.61 Å². The molecule has 0 aromatic heterocycles. The van der Waals surface area contributed by atoms with Crippen LogP contribution in [0.4, 0.5) is 5.69 Å². The van der Waals surface area contributed by atoms with E-state index in [0.29, 0.717) is 30.5 Å². The van der Waals surface area contributed by atoms with Crippen molar-refractivity contribution in [1.29, 1.82) is 0 Å². The second-order valence-electron chi connectivity index (χ2n) is 4.72. The van der Waals surface area contributed by atoms with Gasteiger partial charge >= 0.3 is 0 Å². The van der Waals surface area contributed by atoms with E-state index in [1.54, 1.807) is 12.1 Å². The quantitative estimate of drug-likeness (QED) is 0.781. The van der Waals surface area contributed by atoms with Gasteiger partial charge in [-0.2, -0.15) is 11.8 Å². The Kier molecular flexibility index (Phi) is 5.17. The molecule has 0 spiro atoms. The molecule has 20 heavy (non-hydrogen) atoms. The molecule has 1 aromatic rings. The first-order valence-electron chi connectivity index (χ1n) is 6.62. The molecular weight excluding hydrogens is 296 g/mol. The molecule has 0 aliphatic carbocycles. The number of nitrogens with one attached hydrogen (secondary N) is 1. The van der Waals surface area contributed by atoms with E-state index in [1.807, 2.05) is 18.7 Å². The summed E-state index contributed by atoms with van der Waals surface area (Å²) in [6.45, 7) is 2.69. The van der Waals surface area contributed by atoms with E-state index in [2.05, 4.69) is 4.72 Å². The summed E-state index contributed by atoms with van der Waals surface area (Å²) >= 11 is 1.86. The highest BCUT2D eigenvalue weighted by Gasteiger charge is 2.23. The number of nitrogens with two attached hydrogens (primary N) is 1. The Bertz CT molecular complexity index is 555. The highest BCUT2D eigenvalue weighted by molar-refractivity contribution is 7.99. The lowest BCUT2D eigenvalue weighted by molar-refractivity contribution is 0.331. The zero-order chi connectivity index (χ0) is 14.6. The number of benzene rings is 1. The summed E-state index contributed by atoms with van der Waals surface area (Å²) in [5.41, 5.74) is 6.10. The summed E-state index contributed by atoms with van der Waals surface area (Å²) in [6, 6.07) is 4.67. The summed E-state index contributed by atoms with van der Waals surface area (Å²) in [7, 11) is -3.59. The van der Waals surface area contributed by atoms with Crippen molar-refractivity contribution in [1.82, 2.24) is 4.72 Å². The number of nitrogen functional groups attached to an aromatic ring is 1. The monoisotopic (exact) mass is 316 g/mol. The third-order valence-electron chi connectivity index (χ3n) is 3.14. The van der Waals surface area contributed by atoms with Crippen molar-refractivity contribution in [2.45, 2.75) is 18.2 Å². The Morgan fingerprint density at radius 2 is 2.30 bits per heavy atom. The van der Waals surface area contributed by atoms with E-state index >= 15 is 0 Å². The van der Waals surface area contributed by atoms with Gasteiger partial charge in [0.2, 0.25) is 10.0 Å². The average Bonchev–Trinajstić information content (AvgIpc) is 2.92. The van der Waals surface area contributed by atoms with Crippen molar-refractivity contribution in [3.8, 4) is 5.75 Å². The fraction of sp³-hybridized carbons (Fsp3) is 0.538. The van der Waals surface area contributed by atoms with E-state index in [0.717, 1.165) is 17.9 Å². The fourth-order valence-electron chi connectivity index (χ4n) is 2.06. The van der Waals surface area contributed by atoms with E-state index in [9.17, 15) is 8.42 Å². The topological polar surface area (TPSA) is 81.4 Å². The lowest BCUT2D eigenvalue weighted by Crippen LogP contribution is -2.29. The smallest absolute Gasteiger partial charge is 0.244 e. The van der Waals surface area contributed by atoms with Gasteiger partial charge in [-0.1, -0.05) is 0 Å². The molecule has 1 unspecified atom stereocenters. The molecule has 7 heteroatoms.